The summed E-state index contributed by atoms with van der Waals surface area (Å²) in [6.45, 7) is -0.886. The molecule has 2 amide bonds. The van der Waals surface area contributed by atoms with Gasteiger partial charge < -0.3 is 19.7 Å². The zero-order valence-electron chi connectivity index (χ0n) is 25.2. The van der Waals surface area contributed by atoms with Gasteiger partial charge in [-0.2, -0.15) is 0 Å². The van der Waals surface area contributed by atoms with Crippen LogP contribution in [0.25, 0.3) is 0 Å². The van der Waals surface area contributed by atoms with Gasteiger partial charge in [-0.3, -0.25) is 13.9 Å². The van der Waals surface area contributed by atoms with Gasteiger partial charge in [0.25, 0.3) is 10.0 Å². The molecule has 0 saturated carbocycles. The molecule has 4 aromatic carbocycles. The van der Waals surface area contributed by atoms with Gasteiger partial charge in [-0.05, 0) is 59.7 Å². The van der Waals surface area contributed by atoms with Gasteiger partial charge in [-0.25, -0.2) is 12.8 Å². The number of hydrogen-bond acceptors (Lipinski definition) is 6. The summed E-state index contributed by atoms with van der Waals surface area (Å²) in [5.41, 5.74) is 1.27. The molecular formula is C33H32Cl2FN3O6S. The van der Waals surface area contributed by atoms with E-state index < -0.39 is 40.2 Å². The van der Waals surface area contributed by atoms with E-state index in [1.165, 1.54) is 62.6 Å². The molecule has 1 atom stereocenters. The van der Waals surface area contributed by atoms with E-state index in [1.54, 1.807) is 12.1 Å². The number of carbonyl (C=O) groups excluding carboxylic acids is 2. The standard InChI is InChI=1S/C33H32Cl2FN3O6S/c1-37-33(41)29(17-22-7-5-4-6-8-22)38(20-23-9-10-24(34)18-28(23)35)32(40)21-39(26-13-11-25(36)12-14-26)46(42,43)27-15-16-30(44-2)31(19-27)45-3/h4-16,18-19,29H,17,20-21H2,1-3H3,(H,37,41)/t29-/m1/s1. The van der Waals surface area contributed by atoms with Crippen LogP contribution in [0.1, 0.15) is 11.1 Å². The molecule has 0 saturated heterocycles. The van der Waals surface area contributed by atoms with Crippen LogP contribution < -0.4 is 19.1 Å². The Morgan fingerprint density at radius 2 is 1.57 bits per heavy atom. The third kappa shape index (κ3) is 8.09. The molecular weight excluding hydrogens is 656 g/mol. The van der Waals surface area contributed by atoms with Crippen LogP contribution in [0.4, 0.5) is 10.1 Å². The van der Waals surface area contributed by atoms with Crippen LogP contribution in [0.3, 0.4) is 0 Å². The van der Waals surface area contributed by atoms with Crippen molar-refractivity contribution in [3.05, 3.63) is 118 Å². The summed E-state index contributed by atoms with van der Waals surface area (Å²) in [4.78, 5) is 28.8. The fraction of sp³-hybridized carbons (Fsp3) is 0.212. The first-order chi connectivity index (χ1) is 22.0. The van der Waals surface area contributed by atoms with Crippen molar-refractivity contribution in [2.75, 3.05) is 32.1 Å². The molecule has 13 heteroatoms. The maximum Gasteiger partial charge on any atom is 0.264 e. The second-order valence-electron chi connectivity index (χ2n) is 10.1. The first kappa shape index (κ1) is 34.6. The lowest BCUT2D eigenvalue weighted by atomic mass is 10.0. The lowest BCUT2D eigenvalue weighted by molar-refractivity contribution is -0.139. The molecule has 0 aromatic heterocycles. The molecule has 0 aliphatic heterocycles. The van der Waals surface area contributed by atoms with Crippen LogP contribution in [0, 0.1) is 5.82 Å². The number of carbonyl (C=O) groups is 2. The third-order valence-corrected chi connectivity index (χ3v) is 9.57. The van der Waals surface area contributed by atoms with Gasteiger partial charge in [0.1, 0.15) is 18.4 Å². The summed E-state index contributed by atoms with van der Waals surface area (Å²) >= 11 is 12.6. The number of sulfonamides is 1. The average molecular weight is 689 g/mol. The Labute approximate surface area is 277 Å². The lowest BCUT2D eigenvalue weighted by Crippen LogP contribution is -2.53. The number of hydrogen-bond donors (Lipinski definition) is 1. The molecule has 4 rings (SSSR count). The van der Waals surface area contributed by atoms with Gasteiger partial charge >= 0.3 is 0 Å². The number of halogens is 3. The highest BCUT2D eigenvalue weighted by atomic mass is 35.5. The van der Waals surface area contributed by atoms with Gasteiger partial charge in [0.05, 0.1) is 24.8 Å². The Kier molecular flexibility index (Phi) is 11.5. The van der Waals surface area contributed by atoms with Crippen LogP contribution >= 0.6 is 23.2 Å². The fourth-order valence-electron chi connectivity index (χ4n) is 4.79. The van der Waals surface area contributed by atoms with Crippen molar-refractivity contribution in [3.63, 3.8) is 0 Å². The highest BCUT2D eigenvalue weighted by molar-refractivity contribution is 7.92. The molecule has 0 fully saturated rings. The van der Waals surface area contributed by atoms with Gasteiger partial charge in [0, 0.05) is 36.1 Å². The normalized spacial score (nSPS) is 11.8. The summed E-state index contributed by atoms with van der Waals surface area (Å²) in [7, 11) is -0.243. The Bertz CT molecular complexity index is 1790. The first-order valence-electron chi connectivity index (χ1n) is 14.0. The van der Waals surface area contributed by atoms with Gasteiger partial charge in [0.2, 0.25) is 11.8 Å². The number of benzene rings is 4. The Morgan fingerprint density at radius 1 is 0.891 bits per heavy atom. The highest BCUT2D eigenvalue weighted by Crippen LogP contribution is 2.33. The van der Waals surface area contributed by atoms with E-state index in [-0.39, 0.29) is 34.3 Å². The summed E-state index contributed by atoms with van der Waals surface area (Å²) in [5, 5.41) is 3.25. The number of rotatable bonds is 13. The van der Waals surface area contributed by atoms with Crippen molar-refractivity contribution in [2.45, 2.75) is 23.9 Å². The van der Waals surface area contributed by atoms with Crippen molar-refractivity contribution >= 4 is 50.7 Å². The molecule has 242 valence electrons. The van der Waals surface area contributed by atoms with E-state index in [0.29, 0.717) is 16.3 Å². The van der Waals surface area contributed by atoms with Crippen LogP contribution in [-0.2, 0) is 32.6 Å². The average Bonchev–Trinajstić information content (AvgIpc) is 3.06. The maximum absolute atomic E-state index is 14.4. The van der Waals surface area contributed by atoms with E-state index in [0.717, 1.165) is 22.0 Å². The fourth-order valence-corrected chi connectivity index (χ4v) is 6.69. The lowest BCUT2D eigenvalue weighted by Gasteiger charge is -2.33. The summed E-state index contributed by atoms with van der Waals surface area (Å²) in [5.74, 6) is -1.34. The molecule has 0 aliphatic carbocycles. The van der Waals surface area contributed by atoms with Crippen molar-refractivity contribution in [3.8, 4) is 11.5 Å². The van der Waals surface area contributed by atoms with Crippen molar-refractivity contribution in [1.82, 2.24) is 10.2 Å². The Morgan fingerprint density at radius 3 is 2.17 bits per heavy atom. The highest BCUT2D eigenvalue weighted by Gasteiger charge is 2.35. The zero-order chi connectivity index (χ0) is 33.4. The van der Waals surface area contributed by atoms with Gasteiger partial charge in [-0.15, -0.1) is 0 Å². The van der Waals surface area contributed by atoms with E-state index in [9.17, 15) is 22.4 Å². The summed E-state index contributed by atoms with van der Waals surface area (Å²) < 4.78 is 53.8. The van der Waals surface area contributed by atoms with Crippen LogP contribution in [0.2, 0.25) is 10.0 Å². The molecule has 0 heterocycles. The predicted molar refractivity (Wildman–Crippen MR) is 175 cm³/mol. The Hall–Kier alpha value is -4.32. The minimum absolute atomic E-state index is 0.0218. The number of nitrogens with one attached hydrogen (secondary N) is 1. The molecule has 0 radical (unpaired) electrons. The van der Waals surface area contributed by atoms with Crippen LogP contribution in [0.5, 0.6) is 11.5 Å². The molecule has 9 nitrogen and oxygen atoms in total. The molecule has 46 heavy (non-hydrogen) atoms. The van der Waals surface area contributed by atoms with E-state index in [4.69, 9.17) is 32.7 Å². The molecule has 0 spiro atoms. The smallest absolute Gasteiger partial charge is 0.264 e. The third-order valence-electron chi connectivity index (χ3n) is 7.21. The van der Waals surface area contributed by atoms with E-state index >= 15 is 0 Å². The first-order valence-corrected chi connectivity index (χ1v) is 16.2. The van der Waals surface area contributed by atoms with Crippen molar-refractivity contribution in [1.29, 1.82) is 0 Å². The number of amides is 2. The molecule has 0 unspecified atom stereocenters. The van der Waals surface area contributed by atoms with E-state index in [2.05, 4.69) is 5.32 Å². The van der Waals surface area contributed by atoms with Crippen molar-refractivity contribution < 1.29 is 31.9 Å². The largest absolute Gasteiger partial charge is 0.493 e. The van der Waals surface area contributed by atoms with Crippen LogP contribution in [0.15, 0.2) is 95.9 Å². The maximum atomic E-state index is 14.4. The van der Waals surface area contributed by atoms with Crippen LogP contribution in [-0.4, -0.2) is 59.0 Å². The summed E-state index contributed by atoms with van der Waals surface area (Å²) in [6, 6.07) is 21.4. The van der Waals surface area contributed by atoms with Gasteiger partial charge in [-0.1, -0.05) is 59.6 Å². The second-order valence-corrected chi connectivity index (χ2v) is 12.8. The minimum atomic E-state index is -4.47. The molecule has 4 aromatic rings. The SMILES string of the molecule is CNC(=O)[C@@H](Cc1ccccc1)N(Cc1ccc(Cl)cc1Cl)C(=O)CN(c1ccc(F)cc1)S(=O)(=O)c1ccc(OC)c(OC)c1. The number of anilines is 1. The molecule has 1 N–H and O–H groups in total. The minimum Gasteiger partial charge on any atom is -0.493 e. The monoisotopic (exact) mass is 687 g/mol. The molecule has 0 bridgehead atoms. The van der Waals surface area contributed by atoms with Gasteiger partial charge in [0.15, 0.2) is 11.5 Å². The number of methoxy groups -OCH3 is 2. The quantitative estimate of drug-likeness (QED) is 0.193. The molecule has 0 aliphatic rings. The van der Waals surface area contributed by atoms with E-state index in [1.807, 2.05) is 30.3 Å². The topological polar surface area (TPSA) is 105 Å². The zero-order valence-corrected chi connectivity index (χ0v) is 27.6. The number of ether oxygens (including phenoxy) is 2. The number of likely N-dealkylation sites (N-methyl/N-ethyl adjacent to an activating group) is 1. The second kappa shape index (κ2) is 15.3. The summed E-state index contributed by atoms with van der Waals surface area (Å²) in [6.07, 6.45) is 0.121. The Balaban J connectivity index is 1.82. The predicted octanol–water partition coefficient (Wildman–Crippen LogP) is 5.73. The number of nitrogens with zero attached hydrogens (tertiary/aromatic N) is 2. The van der Waals surface area contributed by atoms with Crippen molar-refractivity contribution in [2.24, 2.45) is 0 Å².